The minimum absolute atomic E-state index is 0.0986. The molecule has 3 unspecified atom stereocenters. The van der Waals surface area contributed by atoms with Gasteiger partial charge >= 0.3 is 0 Å². The lowest BCUT2D eigenvalue weighted by Crippen LogP contribution is -2.39. The van der Waals surface area contributed by atoms with Crippen LogP contribution in [0.4, 0.5) is 0 Å². The quantitative estimate of drug-likeness (QED) is 0.910. The summed E-state index contributed by atoms with van der Waals surface area (Å²) in [6, 6.07) is 5.69. The zero-order chi connectivity index (χ0) is 14.2. The molecule has 0 saturated heterocycles. The van der Waals surface area contributed by atoms with Crippen LogP contribution < -0.4 is 4.74 Å². The summed E-state index contributed by atoms with van der Waals surface area (Å²) in [4.78, 5) is 12.2. The van der Waals surface area contributed by atoms with Gasteiger partial charge in [0.2, 0.25) is 0 Å². The predicted octanol–water partition coefficient (Wildman–Crippen LogP) is 3.01. The summed E-state index contributed by atoms with van der Waals surface area (Å²) >= 11 is 0. The number of benzene rings is 1. The Hall–Kier alpha value is -1.35. The van der Waals surface area contributed by atoms with Crippen molar-refractivity contribution in [1.29, 1.82) is 0 Å². The van der Waals surface area contributed by atoms with Crippen LogP contribution in [0.15, 0.2) is 18.2 Å². The molecule has 0 aliphatic heterocycles. The van der Waals surface area contributed by atoms with Crippen LogP contribution in [0.25, 0.3) is 0 Å². The molecule has 1 aliphatic carbocycles. The van der Waals surface area contributed by atoms with Gasteiger partial charge in [-0.25, -0.2) is 0 Å². The summed E-state index contributed by atoms with van der Waals surface area (Å²) in [6.07, 6.45) is 1.44. The third kappa shape index (κ3) is 2.27. The summed E-state index contributed by atoms with van der Waals surface area (Å²) in [5, 5.41) is 10.5. The first-order valence-corrected chi connectivity index (χ1v) is 6.85. The number of Topliss-reactive ketones (excluding diaryl/α,β-unsaturated/α-hetero) is 1. The largest absolute Gasteiger partial charge is 0.497 e. The van der Waals surface area contributed by atoms with Crippen LogP contribution in [0.1, 0.15) is 50.7 Å². The molecule has 0 radical (unpaired) electrons. The van der Waals surface area contributed by atoms with Gasteiger partial charge in [0, 0.05) is 6.42 Å². The van der Waals surface area contributed by atoms with Gasteiger partial charge in [-0.05, 0) is 42.0 Å². The van der Waals surface area contributed by atoms with E-state index in [1.807, 2.05) is 12.1 Å². The summed E-state index contributed by atoms with van der Waals surface area (Å²) in [5.74, 6) is 1.20. The van der Waals surface area contributed by atoms with Crippen LogP contribution in [0.3, 0.4) is 0 Å². The Morgan fingerprint density at radius 3 is 2.79 bits per heavy atom. The minimum atomic E-state index is -1.40. The molecule has 0 spiro atoms. The lowest BCUT2D eigenvalue weighted by Gasteiger charge is -2.37. The molecule has 2 rings (SSSR count). The molecular weight excluding hydrogens is 240 g/mol. The molecular formula is C16H22O3. The third-order valence-corrected chi connectivity index (χ3v) is 4.46. The van der Waals surface area contributed by atoms with E-state index in [4.69, 9.17) is 4.74 Å². The first-order chi connectivity index (χ1) is 8.91. The second kappa shape index (κ2) is 4.97. The minimum Gasteiger partial charge on any atom is -0.497 e. The number of methoxy groups -OCH3 is 1. The summed E-state index contributed by atoms with van der Waals surface area (Å²) < 4.78 is 5.21. The van der Waals surface area contributed by atoms with Gasteiger partial charge in [0.15, 0.2) is 5.78 Å². The van der Waals surface area contributed by atoms with Crippen molar-refractivity contribution in [1.82, 2.24) is 0 Å². The Labute approximate surface area is 114 Å². The summed E-state index contributed by atoms with van der Waals surface area (Å²) in [7, 11) is 1.59. The molecule has 0 heterocycles. The van der Waals surface area contributed by atoms with Crippen LogP contribution in [0.2, 0.25) is 0 Å². The zero-order valence-electron chi connectivity index (χ0n) is 12.1. The van der Waals surface area contributed by atoms with Crippen LogP contribution in [0.5, 0.6) is 5.75 Å². The number of carbonyl (C=O) groups excluding carboxylic acids is 1. The van der Waals surface area contributed by atoms with Crippen LogP contribution in [0, 0.1) is 5.92 Å². The van der Waals surface area contributed by atoms with Crippen LogP contribution >= 0.6 is 0 Å². The molecule has 104 valence electrons. The van der Waals surface area contributed by atoms with Gasteiger partial charge in [-0.3, -0.25) is 4.79 Å². The number of ketones is 1. The van der Waals surface area contributed by atoms with E-state index in [0.717, 1.165) is 12.0 Å². The first-order valence-electron chi connectivity index (χ1n) is 6.85. The Kier molecular flexibility index (Phi) is 3.68. The topological polar surface area (TPSA) is 46.5 Å². The number of carbonyl (C=O) groups is 1. The number of aliphatic hydroxyl groups is 1. The number of hydrogen-bond acceptors (Lipinski definition) is 3. The monoisotopic (exact) mass is 262 g/mol. The van der Waals surface area contributed by atoms with Gasteiger partial charge < -0.3 is 9.84 Å². The highest BCUT2D eigenvalue weighted by Gasteiger charge is 2.42. The maximum absolute atomic E-state index is 12.2. The second-order valence-corrected chi connectivity index (χ2v) is 5.64. The van der Waals surface area contributed by atoms with Crippen molar-refractivity contribution >= 4 is 5.78 Å². The molecule has 1 N–H and O–H groups in total. The molecule has 3 heteroatoms. The molecule has 0 saturated carbocycles. The molecule has 3 atom stereocenters. The van der Waals surface area contributed by atoms with Gasteiger partial charge in [-0.15, -0.1) is 0 Å². The van der Waals surface area contributed by atoms with E-state index in [2.05, 4.69) is 13.8 Å². The molecule has 1 aliphatic rings. The van der Waals surface area contributed by atoms with E-state index < -0.39 is 5.60 Å². The number of rotatable bonds is 3. The van der Waals surface area contributed by atoms with Crippen molar-refractivity contribution in [3.8, 4) is 5.75 Å². The van der Waals surface area contributed by atoms with E-state index in [1.165, 1.54) is 0 Å². The zero-order valence-corrected chi connectivity index (χ0v) is 12.1. The van der Waals surface area contributed by atoms with Crippen molar-refractivity contribution in [3.05, 3.63) is 29.3 Å². The Balaban J connectivity index is 2.57. The second-order valence-electron chi connectivity index (χ2n) is 5.64. The Morgan fingerprint density at radius 1 is 1.53 bits per heavy atom. The number of ether oxygens (including phenoxy) is 1. The maximum atomic E-state index is 12.2. The molecule has 0 amide bonds. The van der Waals surface area contributed by atoms with E-state index >= 15 is 0 Å². The smallest absolute Gasteiger partial charge is 0.169 e. The highest BCUT2D eigenvalue weighted by atomic mass is 16.5. The van der Waals surface area contributed by atoms with Crippen molar-refractivity contribution in [2.24, 2.45) is 5.92 Å². The average Bonchev–Trinajstić information content (AvgIpc) is 2.41. The Morgan fingerprint density at radius 2 is 2.21 bits per heavy atom. The molecule has 1 aromatic rings. The highest BCUT2D eigenvalue weighted by Crippen LogP contribution is 2.44. The molecule has 3 nitrogen and oxygen atoms in total. The molecule has 0 aromatic heterocycles. The van der Waals surface area contributed by atoms with E-state index in [-0.39, 0.29) is 11.7 Å². The maximum Gasteiger partial charge on any atom is 0.169 e. The van der Waals surface area contributed by atoms with E-state index in [9.17, 15) is 9.90 Å². The standard InChI is InChI=1S/C16H22O3/c1-5-10(2)13-9-15(17)16(3,18)14-8-11(19-4)6-7-12(13)14/h6-8,10,13,18H,5,9H2,1-4H3. The highest BCUT2D eigenvalue weighted by molar-refractivity contribution is 5.91. The number of hydrogen-bond donors (Lipinski definition) is 1. The third-order valence-electron chi connectivity index (χ3n) is 4.46. The fourth-order valence-corrected chi connectivity index (χ4v) is 2.86. The van der Waals surface area contributed by atoms with E-state index in [1.54, 1.807) is 20.1 Å². The summed E-state index contributed by atoms with van der Waals surface area (Å²) in [6.45, 7) is 5.87. The fourth-order valence-electron chi connectivity index (χ4n) is 2.86. The lowest BCUT2D eigenvalue weighted by atomic mass is 9.69. The van der Waals surface area contributed by atoms with Crippen molar-refractivity contribution in [2.75, 3.05) is 7.11 Å². The fraction of sp³-hybridized carbons (Fsp3) is 0.562. The summed E-state index contributed by atoms with van der Waals surface area (Å²) in [5.41, 5.74) is 0.390. The van der Waals surface area contributed by atoms with Gasteiger partial charge in [-0.2, -0.15) is 0 Å². The Bertz CT molecular complexity index is 491. The lowest BCUT2D eigenvalue weighted by molar-refractivity contribution is -0.138. The molecule has 1 aromatic carbocycles. The first kappa shape index (κ1) is 14.1. The van der Waals surface area contributed by atoms with Crippen LogP contribution in [-0.4, -0.2) is 18.0 Å². The SMILES string of the molecule is CCC(C)C1CC(=O)C(C)(O)c2cc(OC)ccc21. The van der Waals surface area contributed by atoms with Crippen molar-refractivity contribution in [3.63, 3.8) is 0 Å². The van der Waals surface area contributed by atoms with E-state index in [0.29, 0.717) is 23.7 Å². The molecule has 0 bridgehead atoms. The predicted molar refractivity (Wildman–Crippen MR) is 74.4 cm³/mol. The van der Waals surface area contributed by atoms with Gasteiger partial charge in [0.1, 0.15) is 11.4 Å². The van der Waals surface area contributed by atoms with Gasteiger partial charge in [0.25, 0.3) is 0 Å². The van der Waals surface area contributed by atoms with Gasteiger partial charge in [0.05, 0.1) is 7.11 Å². The van der Waals surface area contributed by atoms with Gasteiger partial charge in [-0.1, -0.05) is 26.3 Å². The molecule has 19 heavy (non-hydrogen) atoms. The van der Waals surface area contributed by atoms with Crippen molar-refractivity contribution < 1.29 is 14.6 Å². The normalized spacial score (nSPS) is 27.8. The van der Waals surface area contributed by atoms with Crippen LogP contribution in [-0.2, 0) is 10.4 Å². The number of fused-ring (bicyclic) bond motifs is 1. The van der Waals surface area contributed by atoms with Crippen molar-refractivity contribution in [2.45, 2.75) is 45.1 Å². The molecule has 0 fully saturated rings. The average molecular weight is 262 g/mol.